The van der Waals surface area contributed by atoms with E-state index in [1.165, 1.54) is 25.6 Å². The molecular formula is C21H25ClN2O5. The molecule has 0 aliphatic heterocycles. The number of amides is 1. The molecule has 1 N–H and O–H groups in total. The van der Waals surface area contributed by atoms with Gasteiger partial charge in [0.15, 0.2) is 5.75 Å². The quantitative estimate of drug-likeness (QED) is 0.680. The summed E-state index contributed by atoms with van der Waals surface area (Å²) in [5, 5.41) is 3.44. The van der Waals surface area contributed by atoms with Crippen LogP contribution in [0.4, 0.5) is 4.79 Å². The van der Waals surface area contributed by atoms with Crippen LogP contribution in [0.3, 0.4) is 0 Å². The molecule has 0 spiro atoms. The fourth-order valence-electron chi connectivity index (χ4n) is 2.49. The van der Waals surface area contributed by atoms with Gasteiger partial charge in [-0.2, -0.15) is 0 Å². The molecule has 7 nitrogen and oxygen atoms in total. The summed E-state index contributed by atoms with van der Waals surface area (Å²) < 4.78 is 15.9. The molecule has 0 saturated carbocycles. The fourth-order valence-corrected chi connectivity index (χ4v) is 2.62. The predicted octanol–water partition coefficient (Wildman–Crippen LogP) is 4.04. The number of carbonyl (C=O) groups excluding carboxylic acids is 2. The third kappa shape index (κ3) is 7.62. The van der Waals surface area contributed by atoms with Crippen molar-refractivity contribution in [3.05, 3.63) is 58.9 Å². The van der Waals surface area contributed by atoms with E-state index in [0.29, 0.717) is 11.4 Å². The summed E-state index contributed by atoms with van der Waals surface area (Å²) in [6.45, 7) is 5.46. The number of esters is 1. The zero-order valence-corrected chi connectivity index (χ0v) is 17.7. The number of pyridine rings is 1. The Morgan fingerprint density at radius 2 is 1.86 bits per heavy atom. The lowest BCUT2D eigenvalue weighted by Gasteiger charge is -2.24. The number of hydrogen-bond acceptors (Lipinski definition) is 6. The summed E-state index contributed by atoms with van der Waals surface area (Å²) in [5.41, 5.74) is 0.584. The summed E-state index contributed by atoms with van der Waals surface area (Å²) in [7, 11) is 1.29. The van der Waals surface area contributed by atoms with Gasteiger partial charge in [-0.1, -0.05) is 23.7 Å². The number of halogens is 1. The van der Waals surface area contributed by atoms with Crippen LogP contribution in [0.5, 0.6) is 5.75 Å². The molecule has 0 aliphatic carbocycles. The molecule has 8 heteroatoms. The summed E-state index contributed by atoms with van der Waals surface area (Å²) >= 11 is 5.94. The van der Waals surface area contributed by atoms with Gasteiger partial charge in [-0.15, -0.1) is 0 Å². The second-order valence-electron chi connectivity index (χ2n) is 7.35. The van der Waals surface area contributed by atoms with Crippen molar-refractivity contribution in [2.45, 2.75) is 38.8 Å². The van der Waals surface area contributed by atoms with Crippen LogP contribution in [0.25, 0.3) is 0 Å². The summed E-state index contributed by atoms with van der Waals surface area (Å²) in [6, 6.07) is 8.39. The van der Waals surface area contributed by atoms with E-state index in [4.69, 9.17) is 25.8 Å². The smallest absolute Gasteiger partial charge is 0.408 e. The molecule has 0 radical (unpaired) electrons. The minimum atomic E-state index is -0.628. The fraction of sp³-hybridized carbons (Fsp3) is 0.381. The van der Waals surface area contributed by atoms with Gasteiger partial charge in [0, 0.05) is 11.2 Å². The van der Waals surface area contributed by atoms with Crippen molar-refractivity contribution < 1.29 is 23.8 Å². The standard InChI is InChI=1S/C21H25ClN2O5/c1-21(2,3)29-20(26)24-16(11-14-5-7-15(22)8-6-14)13-28-18-12-23-10-9-17(18)19(25)27-4/h5-10,12,16H,11,13H2,1-4H3,(H,24,26). The lowest BCUT2D eigenvalue weighted by molar-refractivity contribution is 0.0483. The van der Waals surface area contributed by atoms with Gasteiger partial charge in [0.05, 0.1) is 19.3 Å². The first-order valence-corrected chi connectivity index (χ1v) is 9.45. The minimum absolute atomic E-state index is 0.0948. The van der Waals surface area contributed by atoms with Gasteiger partial charge in [-0.25, -0.2) is 9.59 Å². The van der Waals surface area contributed by atoms with Crippen molar-refractivity contribution in [3.8, 4) is 5.75 Å². The Morgan fingerprint density at radius 3 is 2.48 bits per heavy atom. The third-order valence-electron chi connectivity index (χ3n) is 3.75. The summed E-state index contributed by atoms with van der Waals surface area (Å²) in [5.74, 6) is -0.261. The topological polar surface area (TPSA) is 86.8 Å². The lowest BCUT2D eigenvalue weighted by atomic mass is 10.1. The number of methoxy groups -OCH3 is 1. The molecule has 0 bridgehead atoms. The highest BCUT2D eigenvalue weighted by molar-refractivity contribution is 6.30. The average Bonchev–Trinajstić information content (AvgIpc) is 2.66. The van der Waals surface area contributed by atoms with Crippen molar-refractivity contribution in [1.82, 2.24) is 10.3 Å². The van der Waals surface area contributed by atoms with E-state index in [9.17, 15) is 9.59 Å². The number of ether oxygens (including phenoxy) is 3. The third-order valence-corrected chi connectivity index (χ3v) is 4.00. The number of carbonyl (C=O) groups is 2. The Bertz CT molecular complexity index is 834. The molecule has 0 aliphatic rings. The van der Waals surface area contributed by atoms with Crippen molar-refractivity contribution in [2.24, 2.45) is 0 Å². The number of benzene rings is 1. The summed E-state index contributed by atoms with van der Waals surface area (Å²) in [4.78, 5) is 28.1. The van der Waals surface area contributed by atoms with Gasteiger partial charge in [-0.3, -0.25) is 4.98 Å². The molecule has 0 fully saturated rings. The van der Waals surface area contributed by atoms with E-state index in [1.807, 2.05) is 12.1 Å². The second kappa shape index (κ2) is 10.1. The van der Waals surface area contributed by atoms with Gasteiger partial charge in [0.1, 0.15) is 17.8 Å². The SMILES string of the molecule is COC(=O)c1ccncc1OCC(Cc1ccc(Cl)cc1)NC(=O)OC(C)(C)C. The first kappa shape index (κ1) is 22.5. The molecule has 1 aromatic heterocycles. The van der Waals surface area contributed by atoms with Crippen LogP contribution < -0.4 is 10.1 Å². The van der Waals surface area contributed by atoms with Crippen LogP contribution in [0.15, 0.2) is 42.7 Å². The maximum Gasteiger partial charge on any atom is 0.408 e. The zero-order chi connectivity index (χ0) is 21.4. The van der Waals surface area contributed by atoms with E-state index >= 15 is 0 Å². The highest BCUT2D eigenvalue weighted by atomic mass is 35.5. The molecule has 2 rings (SSSR count). The normalized spacial score (nSPS) is 12.0. The molecule has 0 saturated heterocycles. The van der Waals surface area contributed by atoms with Gasteiger partial charge >= 0.3 is 12.1 Å². The zero-order valence-electron chi connectivity index (χ0n) is 16.9. The Labute approximate surface area is 175 Å². The lowest BCUT2D eigenvalue weighted by Crippen LogP contribution is -2.43. The Morgan fingerprint density at radius 1 is 1.17 bits per heavy atom. The maximum absolute atomic E-state index is 12.2. The van der Waals surface area contributed by atoms with Crippen LogP contribution in [-0.2, 0) is 15.9 Å². The molecule has 1 amide bonds. The van der Waals surface area contributed by atoms with Crippen LogP contribution in [0.2, 0.25) is 5.02 Å². The first-order valence-electron chi connectivity index (χ1n) is 9.07. The number of nitrogens with zero attached hydrogens (tertiary/aromatic N) is 1. The highest BCUT2D eigenvalue weighted by Gasteiger charge is 2.21. The van der Waals surface area contributed by atoms with E-state index < -0.39 is 23.7 Å². The summed E-state index contributed by atoms with van der Waals surface area (Å²) in [6.07, 6.45) is 2.83. The molecule has 1 unspecified atom stereocenters. The molecule has 1 atom stereocenters. The minimum Gasteiger partial charge on any atom is -0.489 e. The van der Waals surface area contributed by atoms with Crippen molar-refractivity contribution >= 4 is 23.7 Å². The Kier molecular flexibility index (Phi) is 7.84. The number of rotatable bonds is 7. The van der Waals surface area contributed by atoms with Gasteiger partial charge in [-0.05, 0) is 51.0 Å². The molecule has 2 aromatic rings. The first-order chi connectivity index (χ1) is 13.7. The predicted molar refractivity (Wildman–Crippen MR) is 109 cm³/mol. The molecule has 1 aromatic carbocycles. The van der Waals surface area contributed by atoms with E-state index in [1.54, 1.807) is 32.9 Å². The Hall–Kier alpha value is -2.80. The van der Waals surface area contributed by atoms with E-state index in [-0.39, 0.29) is 17.9 Å². The van der Waals surface area contributed by atoms with E-state index in [0.717, 1.165) is 5.56 Å². The molecule has 1 heterocycles. The van der Waals surface area contributed by atoms with Gasteiger partial charge < -0.3 is 19.5 Å². The second-order valence-corrected chi connectivity index (χ2v) is 7.78. The number of nitrogens with one attached hydrogen (secondary N) is 1. The van der Waals surface area contributed by atoms with E-state index in [2.05, 4.69) is 10.3 Å². The molecule has 156 valence electrons. The molecule has 29 heavy (non-hydrogen) atoms. The Balaban J connectivity index is 2.13. The van der Waals surface area contributed by atoms with Crippen LogP contribution >= 0.6 is 11.6 Å². The number of alkyl carbamates (subject to hydrolysis) is 1. The number of hydrogen-bond donors (Lipinski definition) is 1. The maximum atomic E-state index is 12.2. The van der Waals surface area contributed by atoms with Crippen molar-refractivity contribution in [1.29, 1.82) is 0 Å². The van der Waals surface area contributed by atoms with Crippen molar-refractivity contribution in [2.75, 3.05) is 13.7 Å². The monoisotopic (exact) mass is 420 g/mol. The van der Waals surface area contributed by atoms with Gasteiger partial charge in [0.25, 0.3) is 0 Å². The van der Waals surface area contributed by atoms with Crippen molar-refractivity contribution in [3.63, 3.8) is 0 Å². The van der Waals surface area contributed by atoms with Crippen LogP contribution in [0.1, 0.15) is 36.7 Å². The van der Waals surface area contributed by atoms with Gasteiger partial charge in [0.2, 0.25) is 0 Å². The largest absolute Gasteiger partial charge is 0.489 e. The average molecular weight is 421 g/mol. The number of aromatic nitrogens is 1. The van der Waals surface area contributed by atoms with Crippen LogP contribution in [0, 0.1) is 0 Å². The van der Waals surface area contributed by atoms with Crippen LogP contribution in [-0.4, -0.2) is 42.4 Å². The highest BCUT2D eigenvalue weighted by Crippen LogP contribution is 2.18. The molecular weight excluding hydrogens is 396 g/mol.